The Balaban J connectivity index is 1.35. The first-order valence-electron chi connectivity index (χ1n) is 12.5. The van der Waals surface area contributed by atoms with Crippen molar-refractivity contribution in [2.45, 2.75) is 25.3 Å². The van der Waals surface area contributed by atoms with Crippen LogP contribution < -0.4 is 4.90 Å². The molecular weight excluding hydrogens is 448 g/mol. The number of nitriles is 1. The number of anilines is 1. The van der Waals surface area contributed by atoms with Crippen molar-refractivity contribution in [3.63, 3.8) is 0 Å². The fraction of sp³-hybridized carbons (Fsp3) is 0.300. The summed E-state index contributed by atoms with van der Waals surface area (Å²) in [7, 11) is 0. The van der Waals surface area contributed by atoms with Crippen LogP contribution in [0.1, 0.15) is 36.4 Å². The van der Waals surface area contributed by atoms with Crippen molar-refractivity contribution in [1.82, 2.24) is 9.80 Å². The molecule has 1 aliphatic rings. The van der Waals surface area contributed by atoms with Crippen molar-refractivity contribution in [3.05, 3.63) is 102 Å². The van der Waals surface area contributed by atoms with E-state index >= 15 is 0 Å². The minimum Gasteiger partial charge on any atom is -0.340 e. The highest BCUT2D eigenvalue weighted by Gasteiger charge is 2.28. The van der Waals surface area contributed by atoms with Crippen molar-refractivity contribution in [2.75, 3.05) is 37.6 Å². The predicted molar refractivity (Wildman–Crippen MR) is 141 cm³/mol. The highest BCUT2D eigenvalue weighted by Crippen LogP contribution is 2.29. The zero-order valence-corrected chi connectivity index (χ0v) is 20.5. The van der Waals surface area contributed by atoms with E-state index in [9.17, 15) is 9.59 Å². The molecular formula is C30H32N4O2. The molecule has 3 aromatic rings. The van der Waals surface area contributed by atoms with Gasteiger partial charge in [-0.1, -0.05) is 78.9 Å². The second kappa shape index (κ2) is 12.7. The molecule has 4 rings (SSSR count). The van der Waals surface area contributed by atoms with Gasteiger partial charge in [-0.25, -0.2) is 0 Å². The molecule has 0 atom stereocenters. The van der Waals surface area contributed by atoms with Crippen LogP contribution in [0.15, 0.2) is 91.0 Å². The van der Waals surface area contributed by atoms with E-state index in [1.807, 2.05) is 47.4 Å². The van der Waals surface area contributed by atoms with Crippen LogP contribution in [0.4, 0.5) is 5.69 Å². The number of benzene rings is 3. The topological polar surface area (TPSA) is 67.6 Å². The van der Waals surface area contributed by atoms with Crippen molar-refractivity contribution in [3.8, 4) is 6.07 Å². The molecule has 0 spiro atoms. The first-order valence-corrected chi connectivity index (χ1v) is 12.5. The fourth-order valence-corrected chi connectivity index (χ4v) is 4.79. The third-order valence-electron chi connectivity index (χ3n) is 6.63. The van der Waals surface area contributed by atoms with Crippen LogP contribution in [0.3, 0.4) is 0 Å². The smallest absolute Gasteiger partial charge is 0.227 e. The second-order valence-electron chi connectivity index (χ2n) is 8.93. The number of para-hydroxylation sites is 1. The summed E-state index contributed by atoms with van der Waals surface area (Å²) in [5, 5.41) is 8.99. The number of hydrogen-bond donors (Lipinski definition) is 0. The van der Waals surface area contributed by atoms with Gasteiger partial charge in [-0.05, 0) is 23.3 Å². The number of nitrogens with zero attached hydrogens (tertiary/aromatic N) is 4. The average Bonchev–Trinajstić information content (AvgIpc) is 2.94. The van der Waals surface area contributed by atoms with Gasteiger partial charge in [-0.15, -0.1) is 0 Å². The van der Waals surface area contributed by atoms with E-state index < -0.39 is 0 Å². The molecule has 0 aromatic heterocycles. The number of rotatable bonds is 9. The molecule has 0 aliphatic carbocycles. The van der Waals surface area contributed by atoms with Gasteiger partial charge in [0.2, 0.25) is 11.8 Å². The molecule has 184 valence electrons. The standard InChI is InChI=1S/C30H32N4O2/c31-19-10-20-34(27-15-8-3-9-16-27)29(36)18-17-28(35)32-21-23-33(24-22-32)30(25-11-4-1-5-12-25)26-13-6-2-7-14-26/h1-9,11-16,30H,10,17-18,20-24H2. The van der Waals surface area contributed by atoms with Crippen LogP contribution in [0.5, 0.6) is 0 Å². The number of hydrogen-bond acceptors (Lipinski definition) is 4. The van der Waals surface area contributed by atoms with Crippen molar-refractivity contribution in [2.24, 2.45) is 0 Å². The Labute approximate surface area is 213 Å². The molecule has 0 saturated carbocycles. The van der Waals surface area contributed by atoms with Crippen molar-refractivity contribution >= 4 is 17.5 Å². The lowest BCUT2D eigenvalue weighted by molar-refractivity contribution is -0.135. The average molecular weight is 481 g/mol. The van der Waals surface area contributed by atoms with Gasteiger partial charge in [0, 0.05) is 51.3 Å². The Morgan fingerprint density at radius 3 is 1.83 bits per heavy atom. The SMILES string of the molecule is N#CCCN(C(=O)CCC(=O)N1CCN(C(c2ccccc2)c2ccccc2)CC1)c1ccccc1. The van der Waals surface area contributed by atoms with Crippen LogP contribution in [-0.4, -0.2) is 54.3 Å². The molecule has 3 aromatic carbocycles. The van der Waals surface area contributed by atoms with Gasteiger partial charge in [0.25, 0.3) is 0 Å². The highest BCUT2D eigenvalue weighted by molar-refractivity contribution is 5.95. The van der Waals surface area contributed by atoms with Gasteiger partial charge >= 0.3 is 0 Å². The summed E-state index contributed by atoms with van der Waals surface area (Å²) < 4.78 is 0. The molecule has 1 saturated heterocycles. The maximum Gasteiger partial charge on any atom is 0.227 e. The number of carbonyl (C=O) groups is 2. The van der Waals surface area contributed by atoms with Gasteiger partial charge in [0.05, 0.1) is 18.5 Å². The Morgan fingerprint density at radius 2 is 1.31 bits per heavy atom. The maximum atomic E-state index is 13.0. The Hall–Kier alpha value is -3.95. The van der Waals surface area contributed by atoms with Crippen molar-refractivity contribution in [1.29, 1.82) is 5.26 Å². The summed E-state index contributed by atoms with van der Waals surface area (Å²) in [6, 6.07) is 32.5. The van der Waals surface area contributed by atoms with E-state index in [0.29, 0.717) is 19.6 Å². The minimum atomic E-state index is -0.128. The fourth-order valence-electron chi connectivity index (χ4n) is 4.79. The van der Waals surface area contributed by atoms with Gasteiger partial charge < -0.3 is 9.80 Å². The summed E-state index contributed by atoms with van der Waals surface area (Å²) in [6.07, 6.45) is 0.562. The molecule has 0 N–H and O–H groups in total. The van der Waals surface area contributed by atoms with E-state index in [-0.39, 0.29) is 37.1 Å². The van der Waals surface area contributed by atoms with E-state index in [4.69, 9.17) is 5.26 Å². The molecule has 36 heavy (non-hydrogen) atoms. The molecule has 2 amide bonds. The highest BCUT2D eigenvalue weighted by atomic mass is 16.2. The molecule has 1 aliphatic heterocycles. The van der Waals surface area contributed by atoms with E-state index in [1.165, 1.54) is 11.1 Å². The van der Waals surface area contributed by atoms with Gasteiger partial charge in [0.1, 0.15) is 0 Å². The normalized spacial score (nSPS) is 13.8. The van der Waals surface area contributed by atoms with E-state index in [1.54, 1.807) is 4.90 Å². The van der Waals surface area contributed by atoms with Crippen LogP contribution >= 0.6 is 0 Å². The lowest BCUT2D eigenvalue weighted by Gasteiger charge is -2.40. The van der Waals surface area contributed by atoms with Gasteiger partial charge in [0.15, 0.2) is 0 Å². The Bertz CT molecular complexity index is 1110. The van der Waals surface area contributed by atoms with E-state index in [2.05, 4.69) is 59.5 Å². The first kappa shape index (κ1) is 25.2. The summed E-state index contributed by atoms with van der Waals surface area (Å²) in [5.41, 5.74) is 3.24. The van der Waals surface area contributed by atoms with Crippen LogP contribution in [0.25, 0.3) is 0 Å². The van der Waals surface area contributed by atoms with E-state index in [0.717, 1.165) is 18.8 Å². The third-order valence-corrected chi connectivity index (χ3v) is 6.63. The summed E-state index contributed by atoms with van der Waals surface area (Å²) in [5.74, 6) is -0.121. The number of amides is 2. The maximum absolute atomic E-state index is 13.0. The molecule has 6 heteroatoms. The predicted octanol–water partition coefficient (Wildman–Crippen LogP) is 4.65. The zero-order valence-electron chi connectivity index (χ0n) is 20.5. The molecule has 0 unspecified atom stereocenters. The monoisotopic (exact) mass is 480 g/mol. The Morgan fingerprint density at radius 1 is 0.778 bits per heavy atom. The van der Waals surface area contributed by atoms with Gasteiger partial charge in [-0.2, -0.15) is 5.26 Å². The molecule has 0 radical (unpaired) electrons. The van der Waals surface area contributed by atoms with Crippen molar-refractivity contribution < 1.29 is 9.59 Å². The Kier molecular flexibility index (Phi) is 8.85. The van der Waals surface area contributed by atoms with Crippen LogP contribution in [-0.2, 0) is 9.59 Å². The quantitative estimate of drug-likeness (QED) is 0.447. The molecule has 0 bridgehead atoms. The summed E-state index contributed by atoms with van der Waals surface area (Å²) in [6.45, 7) is 3.14. The van der Waals surface area contributed by atoms with Crippen LogP contribution in [0, 0.1) is 11.3 Å². The zero-order chi connectivity index (χ0) is 25.2. The third kappa shape index (κ3) is 6.38. The lowest BCUT2D eigenvalue weighted by atomic mass is 9.96. The first-order chi connectivity index (χ1) is 17.7. The lowest BCUT2D eigenvalue weighted by Crippen LogP contribution is -2.50. The summed E-state index contributed by atoms with van der Waals surface area (Å²) in [4.78, 5) is 31.8. The number of piperazine rings is 1. The molecule has 1 heterocycles. The second-order valence-corrected chi connectivity index (χ2v) is 8.93. The minimum absolute atomic E-state index is 0.00673. The van der Waals surface area contributed by atoms with Gasteiger partial charge in [-0.3, -0.25) is 14.5 Å². The largest absolute Gasteiger partial charge is 0.340 e. The molecule has 6 nitrogen and oxygen atoms in total. The summed E-state index contributed by atoms with van der Waals surface area (Å²) >= 11 is 0. The number of carbonyl (C=O) groups excluding carboxylic acids is 2. The van der Waals surface area contributed by atoms with Crippen LogP contribution in [0.2, 0.25) is 0 Å². The molecule has 1 fully saturated rings.